The number of aliphatic hydroxyl groups excluding tert-OH is 12. The van der Waals surface area contributed by atoms with Gasteiger partial charge < -0.3 is 75.5 Å². The van der Waals surface area contributed by atoms with E-state index >= 15 is 0 Å². The molecule has 2 fully saturated rings. The number of carbonyl (C=O) groups is 1. The Balaban J connectivity index is 2.15. The van der Waals surface area contributed by atoms with Gasteiger partial charge >= 0.3 is 0 Å². The van der Waals surface area contributed by atoms with Gasteiger partial charge in [-0.2, -0.15) is 0 Å². The summed E-state index contributed by atoms with van der Waals surface area (Å²) in [5.41, 5.74) is 0. The van der Waals surface area contributed by atoms with E-state index in [-0.39, 0.29) is 0 Å². The van der Waals surface area contributed by atoms with E-state index in [4.69, 9.17) is 19.3 Å². The molecule has 16 heteroatoms. The first-order valence-corrected chi connectivity index (χ1v) is 10.4. The van der Waals surface area contributed by atoms with Gasteiger partial charge in [0.1, 0.15) is 79.4 Å². The summed E-state index contributed by atoms with van der Waals surface area (Å²) in [6.07, 6.45) is -27.0. The number of ketones is 1. The number of Topliss-reactive ketones (excluding diaryl/α,β-unsaturated/α-hetero) is 1. The van der Waals surface area contributed by atoms with Gasteiger partial charge in [-0.25, -0.2) is 0 Å². The molecule has 0 amide bonds. The highest BCUT2D eigenvalue weighted by Gasteiger charge is 2.53. The smallest absolute Gasteiger partial charge is 0.195 e. The Kier molecular flexibility index (Phi) is 10.6. The Morgan fingerprint density at radius 1 is 0.735 bits per heavy atom. The van der Waals surface area contributed by atoms with E-state index in [1.807, 2.05) is 0 Å². The van der Waals surface area contributed by atoms with Crippen molar-refractivity contribution in [3.8, 4) is 0 Å². The molecule has 0 radical (unpaired) electrons. The molecule has 2 saturated heterocycles. The fraction of sp³-hybridized carbons (Fsp3) is 0.944. The van der Waals surface area contributed by atoms with E-state index in [1.54, 1.807) is 0 Å². The lowest BCUT2D eigenvalue weighted by Crippen LogP contribution is -2.66. The molecule has 200 valence electrons. The first-order chi connectivity index (χ1) is 15.9. The van der Waals surface area contributed by atoms with Crippen LogP contribution in [0.1, 0.15) is 0 Å². The summed E-state index contributed by atoms with van der Waals surface area (Å²) in [5, 5.41) is 117. The number of carbonyl (C=O) groups excluding carboxylic acids is 1. The number of hydrogen-bond donors (Lipinski definition) is 12. The Morgan fingerprint density at radius 3 is 1.85 bits per heavy atom. The zero-order chi connectivity index (χ0) is 25.9. The summed E-state index contributed by atoms with van der Waals surface area (Å²) in [6, 6.07) is 0. The van der Waals surface area contributed by atoms with E-state index in [1.165, 1.54) is 0 Å². The van der Waals surface area contributed by atoms with Gasteiger partial charge in [0.05, 0.1) is 19.8 Å². The molecule has 0 aromatic rings. The minimum absolute atomic E-state index is 0.784. The fourth-order valence-corrected chi connectivity index (χ4v) is 3.68. The second-order valence-corrected chi connectivity index (χ2v) is 8.14. The Morgan fingerprint density at radius 2 is 1.32 bits per heavy atom. The lowest BCUT2D eigenvalue weighted by Gasteiger charge is -2.46. The molecule has 34 heavy (non-hydrogen) atoms. The lowest BCUT2D eigenvalue weighted by molar-refractivity contribution is -0.340. The predicted octanol–water partition coefficient (Wildman–Crippen LogP) is -8.34. The second-order valence-electron chi connectivity index (χ2n) is 8.14. The van der Waals surface area contributed by atoms with Gasteiger partial charge in [0.15, 0.2) is 12.1 Å². The van der Waals surface area contributed by atoms with Gasteiger partial charge in [0, 0.05) is 0 Å². The average Bonchev–Trinajstić information content (AvgIpc) is 2.84. The number of aliphatic hydroxyl groups is 12. The van der Waals surface area contributed by atoms with Crippen LogP contribution < -0.4 is 0 Å². The third kappa shape index (κ3) is 5.89. The van der Waals surface area contributed by atoms with Crippen LogP contribution in [0.3, 0.4) is 0 Å². The average molecular weight is 504 g/mol. The molecular formula is C18H32O16. The molecule has 16 nitrogen and oxygen atoms in total. The second kappa shape index (κ2) is 12.3. The molecule has 0 bridgehead atoms. The number of rotatable bonds is 10. The first-order valence-electron chi connectivity index (χ1n) is 10.4. The van der Waals surface area contributed by atoms with Crippen molar-refractivity contribution in [1.82, 2.24) is 0 Å². The van der Waals surface area contributed by atoms with Gasteiger partial charge in [0.25, 0.3) is 0 Å². The first kappa shape index (κ1) is 29.3. The van der Waals surface area contributed by atoms with Crippen LogP contribution in [-0.4, -0.2) is 173 Å². The van der Waals surface area contributed by atoms with Gasteiger partial charge in [-0.1, -0.05) is 0 Å². The molecule has 2 rings (SSSR count). The third-order valence-corrected chi connectivity index (χ3v) is 5.83. The molecular weight excluding hydrogens is 472 g/mol. The van der Waals surface area contributed by atoms with Crippen LogP contribution in [0.25, 0.3) is 0 Å². The molecule has 2 heterocycles. The van der Waals surface area contributed by atoms with Crippen molar-refractivity contribution >= 4 is 5.78 Å². The summed E-state index contributed by atoms with van der Waals surface area (Å²) in [4.78, 5) is 12.5. The Hall–Kier alpha value is -0.930. The van der Waals surface area contributed by atoms with Gasteiger partial charge in [-0.15, -0.1) is 0 Å². The van der Waals surface area contributed by atoms with E-state index in [2.05, 4.69) is 0 Å². The van der Waals surface area contributed by atoms with Gasteiger partial charge in [0.2, 0.25) is 0 Å². The highest BCUT2D eigenvalue weighted by molar-refractivity contribution is 5.88. The van der Waals surface area contributed by atoms with E-state index < -0.39 is 111 Å². The van der Waals surface area contributed by atoms with Crippen molar-refractivity contribution < 1.29 is 80.3 Å². The van der Waals surface area contributed by atoms with Crippen LogP contribution in [0.15, 0.2) is 0 Å². The molecule has 0 aromatic carbocycles. The van der Waals surface area contributed by atoms with Crippen LogP contribution in [0.2, 0.25) is 0 Å². The summed E-state index contributed by atoms with van der Waals surface area (Å²) in [5.74, 6) is -1.45. The molecule has 0 aliphatic carbocycles. The topological polar surface area (TPSA) is 288 Å². The largest absolute Gasteiger partial charge is 0.394 e. The molecule has 12 N–H and O–H groups in total. The highest BCUT2D eigenvalue weighted by Crippen LogP contribution is 2.30. The van der Waals surface area contributed by atoms with Crippen molar-refractivity contribution in [1.29, 1.82) is 0 Å². The molecule has 1 unspecified atom stereocenters. The standard InChI is InChI=1S/C18H32O16/c19-1-4(22)7(23)9(25)11(27)12(28)17-14(30)13(29)16(6(3-21)32-17)34-18-15(31)10(26)8(24)5(2-20)33-18/h4-11,13-27,29-31H,1-3H2/t4-,5-,6-,7-,8+,9+,10+,11-,13-,14-,15-,16-,17?,18+/m1/s1. The third-order valence-electron chi connectivity index (χ3n) is 5.83. The lowest BCUT2D eigenvalue weighted by atomic mass is 9.89. The van der Waals surface area contributed by atoms with E-state index in [0.29, 0.717) is 0 Å². The van der Waals surface area contributed by atoms with Crippen LogP contribution >= 0.6 is 0 Å². The van der Waals surface area contributed by atoms with Crippen molar-refractivity contribution in [2.24, 2.45) is 0 Å². The molecule has 0 spiro atoms. The van der Waals surface area contributed by atoms with Crippen molar-refractivity contribution in [2.45, 2.75) is 85.6 Å². The zero-order valence-electron chi connectivity index (χ0n) is 17.7. The minimum Gasteiger partial charge on any atom is -0.394 e. The van der Waals surface area contributed by atoms with Crippen LogP contribution in [0.5, 0.6) is 0 Å². The van der Waals surface area contributed by atoms with Crippen molar-refractivity contribution in [3.05, 3.63) is 0 Å². The molecule has 14 atom stereocenters. The number of hydrogen-bond acceptors (Lipinski definition) is 16. The van der Waals surface area contributed by atoms with E-state index in [0.717, 1.165) is 0 Å². The van der Waals surface area contributed by atoms with Crippen LogP contribution in [0, 0.1) is 0 Å². The van der Waals surface area contributed by atoms with Gasteiger partial charge in [-0.05, 0) is 0 Å². The summed E-state index contributed by atoms with van der Waals surface area (Å²) < 4.78 is 15.7. The van der Waals surface area contributed by atoms with Crippen molar-refractivity contribution in [3.63, 3.8) is 0 Å². The minimum atomic E-state index is -2.45. The molecule has 0 aromatic heterocycles. The van der Waals surface area contributed by atoms with Crippen LogP contribution in [-0.2, 0) is 19.0 Å². The van der Waals surface area contributed by atoms with Gasteiger partial charge in [-0.3, -0.25) is 4.79 Å². The molecule has 2 aliphatic rings. The summed E-state index contributed by atoms with van der Waals surface area (Å²) >= 11 is 0. The fourth-order valence-electron chi connectivity index (χ4n) is 3.68. The maximum Gasteiger partial charge on any atom is 0.195 e. The maximum absolute atomic E-state index is 12.5. The SMILES string of the molecule is O=C(C1O[C@H](CO)[C@@H](O[C@@H]2O[C@H](CO)[C@H](O)[C@H](O)[C@H]2O)[C@H](O)[C@H]1O)[C@H](O)[C@@H](O)[C@H](O)[C@H](O)CO. The quantitative estimate of drug-likeness (QED) is 0.131. The predicted molar refractivity (Wildman–Crippen MR) is 103 cm³/mol. The summed E-state index contributed by atoms with van der Waals surface area (Å²) in [7, 11) is 0. The normalized spacial score (nSPS) is 42.6. The Labute approximate surface area is 192 Å². The molecule has 2 aliphatic heterocycles. The van der Waals surface area contributed by atoms with Crippen LogP contribution in [0.4, 0.5) is 0 Å². The van der Waals surface area contributed by atoms with E-state index in [9.17, 15) is 61.0 Å². The zero-order valence-corrected chi connectivity index (χ0v) is 17.7. The Bertz CT molecular complexity index is 647. The number of ether oxygens (including phenoxy) is 3. The summed E-state index contributed by atoms with van der Waals surface area (Å²) in [6.45, 7) is -2.74. The van der Waals surface area contributed by atoms with Crippen molar-refractivity contribution in [2.75, 3.05) is 19.8 Å². The molecule has 0 saturated carbocycles. The highest BCUT2D eigenvalue weighted by atomic mass is 16.7. The monoisotopic (exact) mass is 504 g/mol. The maximum atomic E-state index is 12.5.